The molecule has 0 bridgehead atoms. The Balaban J connectivity index is 2.38. The fourth-order valence-corrected chi connectivity index (χ4v) is 2.87. The number of amides is 1. The predicted octanol–water partition coefficient (Wildman–Crippen LogP) is 1.39. The lowest BCUT2D eigenvalue weighted by Crippen LogP contribution is -2.29. The number of aromatic nitrogens is 1. The van der Waals surface area contributed by atoms with Crippen LogP contribution in [-0.2, 0) is 0 Å². The number of H-pyrrole nitrogens is 1. The van der Waals surface area contributed by atoms with Crippen LogP contribution in [0.3, 0.4) is 0 Å². The summed E-state index contributed by atoms with van der Waals surface area (Å²) >= 11 is 0. The van der Waals surface area contributed by atoms with Crippen LogP contribution in [-0.4, -0.2) is 38.2 Å². The summed E-state index contributed by atoms with van der Waals surface area (Å²) in [7, 11) is 3.09. The molecule has 7 nitrogen and oxygen atoms in total. The first-order valence-electron chi connectivity index (χ1n) is 7.78. The van der Waals surface area contributed by atoms with Gasteiger partial charge in [0, 0.05) is 36.3 Å². The molecular formula is C18H19N3O4. The second kappa shape index (κ2) is 6.82. The van der Waals surface area contributed by atoms with Gasteiger partial charge in [-0.05, 0) is 34.4 Å². The molecule has 1 amide bonds. The van der Waals surface area contributed by atoms with Crippen LogP contribution < -0.4 is 26.1 Å². The number of rotatable bonds is 5. The molecule has 4 N–H and O–H groups in total. The molecule has 0 saturated carbocycles. The topological polar surface area (TPSA) is 106 Å². The lowest BCUT2D eigenvalue weighted by Gasteiger charge is -2.14. The summed E-state index contributed by atoms with van der Waals surface area (Å²) < 4.78 is 10.7. The molecule has 0 radical (unpaired) electrons. The molecule has 25 heavy (non-hydrogen) atoms. The van der Waals surface area contributed by atoms with Crippen LogP contribution in [0.15, 0.2) is 35.3 Å². The van der Waals surface area contributed by atoms with Crippen molar-refractivity contribution < 1.29 is 14.3 Å². The molecule has 1 heterocycles. The first-order valence-corrected chi connectivity index (χ1v) is 7.78. The second-order valence-corrected chi connectivity index (χ2v) is 5.52. The van der Waals surface area contributed by atoms with E-state index < -0.39 is 0 Å². The average Bonchev–Trinajstić information content (AvgIpc) is 2.63. The monoisotopic (exact) mass is 341 g/mol. The summed E-state index contributed by atoms with van der Waals surface area (Å²) in [6, 6.07) is 6.72. The molecule has 3 rings (SSSR count). The van der Waals surface area contributed by atoms with Gasteiger partial charge in [-0.15, -0.1) is 0 Å². The van der Waals surface area contributed by atoms with Crippen molar-refractivity contribution in [3.63, 3.8) is 0 Å². The highest BCUT2D eigenvalue weighted by molar-refractivity contribution is 6.17. The van der Waals surface area contributed by atoms with Gasteiger partial charge in [0.15, 0.2) is 11.5 Å². The van der Waals surface area contributed by atoms with Crippen molar-refractivity contribution in [1.82, 2.24) is 10.3 Å². The minimum atomic E-state index is -0.259. The van der Waals surface area contributed by atoms with E-state index in [0.29, 0.717) is 40.9 Å². The maximum atomic E-state index is 12.6. The summed E-state index contributed by atoms with van der Waals surface area (Å²) in [5, 5.41) is 5.73. The van der Waals surface area contributed by atoms with Crippen molar-refractivity contribution in [1.29, 1.82) is 0 Å². The van der Waals surface area contributed by atoms with Crippen LogP contribution in [0, 0.1) is 0 Å². The van der Waals surface area contributed by atoms with Crippen molar-refractivity contribution in [2.24, 2.45) is 5.73 Å². The number of ether oxygens (including phenoxy) is 2. The van der Waals surface area contributed by atoms with E-state index in [2.05, 4.69) is 10.3 Å². The fraction of sp³-hybridized carbons (Fsp3) is 0.222. The minimum absolute atomic E-state index is 0.236. The van der Waals surface area contributed by atoms with Gasteiger partial charge in [0.2, 0.25) is 5.56 Å². The number of hydrogen-bond donors (Lipinski definition) is 3. The standard InChI is InChI=1S/C18H19N3O4/c1-24-15-7-11-12(8-16(15)25-2)14-9-21-17(22)6-10(14)5-13(11)18(23)20-4-3-19/h5-9H,3-4,19H2,1-2H3,(H,20,23)(H,21,22). The van der Waals surface area contributed by atoms with E-state index in [-0.39, 0.29) is 11.5 Å². The molecule has 130 valence electrons. The van der Waals surface area contributed by atoms with Crippen LogP contribution in [0.4, 0.5) is 0 Å². The number of fused-ring (bicyclic) bond motifs is 3. The maximum absolute atomic E-state index is 12.6. The van der Waals surface area contributed by atoms with Crippen LogP contribution in [0.5, 0.6) is 11.5 Å². The third kappa shape index (κ3) is 3.01. The molecule has 7 heteroatoms. The number of carbonyl (C=O) groups is 1. The van der Waals surface area contributed by atoms with Crippen molar-refractivity contribution >= 4 is 27.5 Å². The summed E-state index contributed by atoms with van der Waals surface area (Å²) in [4.78, 5) is 26.9. The Morgan fingerprint density at radius 1 is 1.08 bits per heavy atom. The van der Waals surface area contributed by atoms with Crippen LogP contribution in [0.1, 0.15) is 10.4 Å². The molecular weight excluding hydrogens is 322 g/mol. The lowest BCUT2D eigenvalue weighted by molar-refractivity contribution is 0.0956. The minimum Gasteiger partial charge on any atom is -0.493 e. The van der Waals surface area contributed by atoms with Gasteiger partial charge in [-0.2, -0.15) is 0 Å². The van der Waals surface area contributed by atoms with Gasteiger partial charge in [-0.3, -0.25) is 9.59 Å². The molecule has 0 aliphatic rings. The number of nitrogens with one attached hydrogen (secondary N) is 2. The van der Waals surface area contributed by atoms with Crippen LogP contribution in [0.2, 0.25) is 0 Å². The lowest BCUT2D eigenvalue weighted by atomic mass is 9.97. The number of pyridine rings is 1. The smallest absolute Gasteiger partial charge is 0.251 e. The Hall–Kier alpha value is -3.06. The molecule has 0 aliphatic heterocycles. The number of carbonyl (C=O) groups excluding carboxylic acids is 1. The van der Waals surface area contributed by atoms with E-state index in [9.17, 15) is 9.59 Å². The van der Waals surface area contributed by atoms with Crippen molar-refractivity contribution in [3.8, 4) is 11.5 Å². The Kier molecular flexibility index (Phi) is 4.58. The van der Waals surface area contributed by atoms with Gasteiger partial charge >= 0.3 is 0 Å². The van der Waals surface area contributed by atoms with E-state index in [1.165, 1.54) is 13.2 Å². The Bertz CT molecular complexity index is 1010. The van der Waals surface area contributed by atoms with Crippen LogP contribution >= 0.6 is 0 Å². The summed E-state index contributed by atoms with van der Waals surface area (Å²) in [6.07, 6.45) is 1.63. The highest BCUT2D eigenvalue weighted by atomic mass is 16.5. The van der Waals surface area contributed by atoms with Crippen LogP contribution in [0.25, 0.3) is 21.5 Å². The second-order valence-electron chi connectivity index (χ2n) is 5.52. The number of nitrogens with two attached hydrogens (primary N) is 1. The molecule has 0 spiro atoms. The number of benzene rings is 2. The van der Waals surface area contributed by atoms with Gasteiger partial charge in [-0.25, -0.2) is 0 Å². The molecule has 1 aromatic heterocycles. The third-order valence-corrected chi connectivity index (χ3v) is 4.03. The van der Waals surface area contributed by atoms with Gasteiger partial charge < -0.3 is 25.5 Å². The summed E-state index contributed by atoms with van der Waals surface area (Å²) in [5.74, 6) is 0.804. The third-order valence-electron chi connectivity index (χ3n) is 4.03. The predicted molar refractivity (Wildman–Crippen MR) is 96.6 cm³/mol. The fourth-order valence-electron chi connectivity index (χ4n) is 2.87. The average molecular weight is 341 g/mol. The molecule has 2 aromatic carbocycles. The van der Waals surface area contributed by atoms with E-state index >= 15 is 0 Å². The Morgan fingerprint density at radius 2 is 1.76 bits per heavy atom. The quantitative estimate of drug-likeness (QED) is 0.608. The van der Waals surface area contributed by atoms with Gasteiger partial charge in [0.1, 0.15) is 0 Å². The normalized spacial score (nSPS) is 10.8. The van der Waals surface area contributed by atoms with E-state index in [1.807, 2.05) is 0 Å². The maximum Gasteiger partial charge on any atom is 0.251 e. The van der Waals surface area contributed by atoms with Crippen molar-refractivity contribution in [2.45, 2.75) is 0 Å². The van der Waals surface area contributed by atoms with E-state index in [4.69, 9.17) is 15.2 Å². The molecule has 0 aliphatic carbocycles. The zero-order valence-electron chi connectivity index (χ0n) is 14.0. The van der Waals surface area contributed by atoms with Crippen molar-refractivity contribution in [3.05, 3.63) is 46.4 Å². The Labute approximate surface area is 143 Å². The number of hydrogen-bond acceptors (Lipinski definition) is 5. The first-order chi connectivity index (χ1) is 12.1. The number of aromatic amines is 1. The highest BCUT2D eigenvalue weighted by Crippen LogP contribution is 2.37. The SMILES string of the molecule is COc1cc2c(C(=O)NCCN)cc3cc(=O)[nH]cc3c2cc1OC. The largest absolute Gasteiger partial charge is 0.493 e. The van der Waals surface area contributed by atoms with E-state index in [1.54, 1.807) is 31.5 Å². The molecule has 0 saturated heterocycles. The Morgan fingerprint density at radius 3 is 2.40 bits per heavy atom. The van der Waals surface area contributed by atoms with E-state index in [0.717, 1.165) is 10.8 Å². The molecule has 0 unspecified atom stereocenters. The molecule has 3 aromatic rings. The first kappa shape index (κ1) is 16.8. The summed E-state index contributed by atoms with van der Waals surface area (Å²) in [6.45, 7) is 0.703. The summed E-state index contributed by atoms with van der Waals surface area (Å²) in [5.41, 5.74) is 5.68. The van der Waals surface area contributed by atoms with Gasteiger partial charge in [0.05, 0.1) is 14.2 Å². The number of methoxy groups -OCH3 is 2. The zero-order valence-corrected chi connectivity index (χ0v) is 14.0. The molecule has 0 atom stereocenters. The highest BCUT2D eigenvalue weighted by Gasteiger charge is 2.16. The molecule has 0 fully saturated rings. The van der Waals surface area contributed by atoms with Gasteiger partial charge in [0.25, 0.3) is 5.91 Å². The van der Waals surface area contributed by atoms with Gasteiger partial charge in [-0.1, -0.05) is 0 Å². The van der Waals surface area contributed by atoms with Crippen molar-refractivity contribution in [2.75, 3.05) is 27.3 Å². The zero-order chi connectivity index (χ0) is 18.0.